The number of aromatic nitrogens is 1. The Morgan fingerprint density at radius 2 is 2.33 bits per heavy atom. The zero-order valence-electron chi connectivity index (χ0n) is 11.1. The molecule has 0 amide bonds. The zero-order valence-corrected chi connectivity index (χ0v) is 14.2. The van der Waals surface area contributed by atoms with Crippen LogP contribution in [0.25, 0.3) is 0 Å². The van der Waals surface area contributed by atoms with Gasteiger partial charge in [0, 0.05) is 31.4 Å². The quantitative estimate of drug-likeness (QED) is 0.478. The Morgan fingerprint density at radius 1 is 1.61 bits per heavy atom. The summed E-state index contributed by atoms with van der Waals surface area (Å²) in [6.45, 7) is 5.17. The van der Waals surface area contributed by atoms with Crippen LogP contribution < -0.4 is 10.6 Å². The van der Waals surface area contributed by atoms with Crippen LogP contribution >= 0.6 is 35.3 Å². The standard InChI is InChI=1S/C12H20N4S.HI/c1-8-6-11(8)16-12(13-3)14-5-4-10-7-17-9(2)15-10;/h7-8,11H,4-6H2,1-3H3,(H2,13,14,16);1H. The first-order valence-corrected chi connectivity index (χ1v) is 6.95. The number of nitrogens with zero attached hydrogens (tertiary/aromatic N) is 2. The van der Waals surface area contributed by atoms with Gasteiger partial charge in [0.25, 0.3) is 0 Å². The molecule has 2 N–H and O–H groups in total. The molecule has 102 valence electrons. The summed E-state index contributed by atoms with van der Waals surface area (Å²) in [7, 11) is 1.81. The summed E-state index contributed by atoms with van der Waals surface area (Å²) >= 11 is 1.71. The van der Waals surface area contributed by atoms with E-state index in [4.69, 9.17) is 0 Å². The second kappa shape index (κ2) is 7.28. The van der Waals surface area contributed by atoms with Gasteiger partial charge in [0.15, 0.2) is 5.96 Å². The minimum absolute atomic E-state index is 0. The average Bonchev–Trinajstić information content (AvgIpc) is 2.82. The van der Waals surface area contributed by atoms with E-state index in [0.717, 1.165) is 35.5 Å². The van der Waals surface area contributed by atoms with Crippen LogP contribution in [-0.2, 0) is 6.42 Å². The Labute approximate surface area is 130 Å². The first-order chi connectivity index (χ1) is 8.19. The molecular formula is C12H21IN4S. The average molecular weight is 380 g/mol. The fraction of sp³-hybridized carbons (Fsp3) is 0.667. The number of halogens is 1. The van der Waals surface area contributed by atoms with E-state index in [9.17, 15) is 0 Å². The Hall–Kier alpha value is -0.370. The van der Waals surface area contributed by atoms with Crippen LogP contribution in [0.3, 0.4) is 0 Å². The fourth-order valence-electron chi connectivity index (χ4n) is 1.73. The summed E-state index contributed by atoms with van der Waals surface area (Å²) in [5.74, 6) is 1.70. The minimum atomic E-state index is 0. The number of aryl methyl sites for hydroxylation is 1. The van der Waals surface area contributed by atoms with Gasteiger partial charge in [-0.3, -0.25) is 4.99 Å². The molecule has 0 radical (unpaired) electrons. The molecule has 2 rings (SSSR count). The van der Waals surface area contributed by atoms with Crippen LogP contribution in [-0.4, -0.2) is 30.6 Å². The number of aliphatic imine (C=N–C) groups is 1. The third kappa shape index (κ3) is 4.72. The normalized spacial score (nSPS) is 22.3. The maximum absolute atomic E-state index is 4.44. The number of hydrogen-bond donors (Lipinski definition) is 2. The molecule has 1 aliphatic rings. The topological polar surface area (TPSA) is 49.3 Å². The second-order valence-electron chi connectivity index (χ2n) is 4.57. The lowest BCUT2D eigenvalue weighted by Crippen LogP contribution is -2.39. The molecule has 1 aromatic rings. The van der Waals surface area contributed by atoms with Crippen molar-refractivity contribution < 1.29 is 0 Å². The van der Waals surface area contributed by atoms with Crippen molar-refractivity contribution in [2.75, 3.05) is 13.6 Å². The van der Waals surface area contributed by atoms with Crippen LogP contribution in [0.5, 0.6) is 0 Å². The predicted molar refractivity (Wildman–Crippen MR) is 88.0 cm³/mol. The molecule has 0 saturated heterocycles. The smallest absolute Gasteiger partial charge is 0.191 e. The van der Waals surface area contributed by atoms with E-state index in [-0.39, 0.29) is 24.0 Å². The molecular weight excluding hydrogens is 359 g/mol. The van der Waals surface area contributed by atoms with Gasteiger partial charge < -0.3 is 10.6 Å². The van der Waals surface area contributed by atoms with E-state index in [1.807, 2.05) is 14.0 Å². The zero-order chi connectivity index (χ0) is 12.3. The monoisotopic (exact) mass is 380 g/mol. The van der Waals surface area contributed by atoms with Gasteiger partial charge in [0.2, 0.25) is 0 Å². The highest BCUT2D eigenvalue weighted by Crippen LogP contribution is 2.28. The lowest BCUT2D eigenvalue weighted by Gasteiger charge is -2.10. The highest BCUT2D eigenvalue weighted by Gasteiger charge is 2.33. The molecule has 1 heterocycles. The van der Waals surface area contributed by atoms with Crippen LogP contribution in [0.2, 0.25) is 0 Å². The molecule has 4 nitrogen and oxygen atoms in total. The van der Waals surface area contributed by atoms with E-state index in [2.05, 4.69) is 32.9 Å². The number of guanidine groups is 1. The number of rotatable bonds is 4. The van der Waals surface area contributed by atoms with Crippen LogP contribution in [0, 0.1) is 12.8 Å². The van der Waals surface area contributed by atoms with Gasteiger partial charge in [-0.2, -0.15) is 0 Å². The van der Waals surface area contributed by atoms with Crippen LogP contribution in [0.15, 0.2) is 10.4 Å². The van der Waals surface area contributed by atoms with E-state index in [1.54, 1.807) is 11.3 Å². The maximum atomic E-state index is 4.44. The van der Waals surface area contributed by atoms with Crippen molar-refractivity contribution in [2.45, 2.75) is 32.7 Å². The number of thiazole rings is 1. The minimum Gasteiger partial charge on any atom is -0.356 e. The molecule has 2 atom stereocenters. The molecule has 6 heteroatoms. The third-order valence-electron chi connectivity index (χ3n) is 3.00. The van der Waals surface area contributed by atoms with Crippen molar-refractivity contribution in [1.82, 2.24) is 15.6 Å². The summed E-state index contributed by atoms with van der Waals surface area (Å²) in [6, 6.07) is 0.614. The van der Waals surface area contributed by atoms with E-state index in [0.29, 0.717) is 6.04 Å². The number of nitrogens with one attached hydrogen (secondary N) is 2. The van der Waals surface area contributed by atoms with E-state index in [1.165, 1.54) is 6.42 Å². The molecule has 18 heavy (non-hydrogen) atoms. The van der Waals surface area contributed by atoms with E-state index >= 15 is 0 Å². The van der Waals surface area contributed by atoms with Crippen LogP contribution in [0.1, 0.15) is 24.0 Å². The Balaban J connectivity index is 0.00000162. The highest BCUT2D eigenvalue weighted by molar-refractivity contribution is 14.0. The van der Waals surface area contributed by atoms with Gasteiger partial charge in [-0.25, -0.2) is 4.98 Å². The molecule has 0 bridgehead atoms. The molecule has 0 aromatic carbocycles. The summed E-state index contributed by atoms with van der Waals surface area (Å²) in [5, 5.41) is 9.98. The molecule has 1 fully saturated rings. The van der Waals surface area contributed by atoms with Gasteiger partial charge in [0.05, 0.1) is 10.7 Å². The molecule has 2 unspecified atom stereocenters. The van der Waals surface area contributed by atoms with Crippen LogP contribution in [0.4, 0.5) is 0 Å². The second-order valence-corrected chi connectivity index (χ2v) is 5.63. The fourth-order valence-corrected chi connectivity index (χ4v) is 2.37. The van der Waals surface area contributed by atoms with Crippen molar-refractivity contribution in [1.29, 1.82) is 0 Å². The summed E-state index contributed by atoms with van der Waals surface area (Å²) in [6.07, 6.45) is 2.21. The van der Waals surface area contributed by atoms with Gasteiger partial charge >= 0.3 is 0 Å². The summed E-state index contributed by atoms with van der Waals surface area (Å²) in [4.78, 5) is 8.65. The molecule has 1 aromatic heterocycles. The number of hydrogen-bond acceptors (Lipinski definition) is 3. The largest absolute Gasteiger partial charge is 0.356 e. The van der Waals surface area contributed by atoms with Gasteiger partial charge in [-0.15, -0.1) is 35.3 Å². The van der Waals surface area contributed by atoms with Gasteiger partial charge in [0.1, 0.15) is 0 Å². The summed E-state index contributed by atoms with van der Waals surface area (Å²) < 4.78 is 0. The first kappa shape index (κ1) is 15.7. The lowest BCUT2D eigenvalue weighted by molar-refractivity contribution is 0.754. The summed E-state index contributed by atoms with van der Waals surface area (Å²) in [5.41, 5.74) is 1.16. The van der Waals surface area contributed by atoms with Gasteiger partial charge in [-0.05, 0) is 19.3 Å². The van der Waals surface area contributed by atoms with Gasteiger partial charge in [-0.1, -0.05) is 6.92 Å². The first-order valence-electron chi connectivity index (χ1n) is 6.07. The molecule has 0 aliphatic heterocycles. The van der Waals surface area contributed by atoms with Crippen molar-refractivity contribution in [2.24, 2.45) is 10.9 Å². The molecule has 1 aliphatic carbocycles. The van der Waals surface area contributed by atoms with Crippen molar-refractivity contribution in [3.05, 3.63) is 16.1 Å². The van der Waals surface area contributed by atoms with E-state index < -0.39 is 0 Å². The SMILES string of the molecule is CN=C(NCCc1csc(C)n1)NC1CC1C.I. The maximum Gasteiger partial charge on any atom is 0.191 e. The lowest BCUT2D eigenvalue weighted by atomic mass is 10.3. The Morgan fingerprint density at radius 3 is 2.83 bits per heavy atom. The molecule has 1 saturated carbocycles. The van der Waals surface area contributed by atoms with Crippen molar-refractivity contribution >= 4 is 41.3 Å². The van der Waals surface area contributed by atoms with Crippen molar-refractivity contribution in [3.8, 4) is 0 Å². The van der Waals surface area contributed by atoms with Crippen molar-refractivity contribution in [3.63, 3.8) is 0 Å². The Bertz CT molecular complexity index is 405. The molecule has 0 spiro atoms. The highest BCUT2D eigenvalue weighted by atomic mass is 127. The predicted octanol–water partition coefficient (Wildman–Crippen LogP) is 2.19. The third-order valence-corrected chi connectivity index (χ3v) is 3.82. The Kier molecular flexibility index (Phi) is 6.34.